The molecule has 0 spiro atoms. The molecule has 0 saturated carbocycles. The Balaban J connectivity index is 2.49. The fourth-order valence-corrected chi connectivity index (χ4v) is 2.00. The summed E-state index contributed by atoms with van der Waals surface area (Å²) in [6.45, 7) is 3.77. The minimum Gasteiger partial charge on any atom is -0.480 e. The van der Waals surface area contributed by atoms with Crippen LogP contribution >= 0.6 is 0 Å². The van der Waals surface area contributed by atoms with E-state index in [2.05, 4.69) is 20.2 Å². The van der Waals surface area contributed by atoms with Crippen LogP contribution in [-0.4, -0.2) is 39.5 Å². The predicted octanol–water partition coefficient (Wildman–Crippen LogP) is 1.24. The standard InChI is InChI=1S/C14H18N4O3/c1-5-10-9(6-8(2)17-18-10)13(19)12-14(21-4)16-11(20-3)7-15-12/h6-7,13,19H,5H2,1-4H3. The monoisotopic (exact) mass is 290 g/mol. The number of aryl methyl sites for hydroxylation is 2. The van der Waals surface area contributed by atoms with Crippen LogP contribution in [0.25, 0.3) is 0 Å². The number of hydrogen-bond donors (Lipinski definition) is 1. The van der Waals surface area contributed by atoms with Gasteiger partial charge >= 0.3 is 0 Å². The maximum atomic E-state index is 10.6. The molecule has 7 nitrogen and oxygen atoms in total. The van der Waals surface area contributed by atoms with Crippen molar-refractivity contribution < 1.29 is 14.6 Å². The first-order valence-electron chi connectivity index (χ1n) is 6.56. The molecule has 0 saturated heterocycles. The van der Waals surface area contributed by atoms with Crippen molar-refractivity contribution in [2.75, 3.05) is 14.2 Å². The molecule has 21 heavy (non-hydrogen) atoms. The van der Waals surface area contributed by atoms with Crippen molar-refractivity contribution in [1.29, 1.82) is 0 Å². The maximum absolute atomic E-state index is 10.6. The Labute approximate surface area is 123 Å². The van der Waals surface area contributed by atoms with Gasteiger partial charge in [-0.3, -0.25) is 0 Å². The van der Waals surface area contributed by atoms with Gasteiger partial charge in [0.2, 0.25) is 11.8 Å². The Bertz CT molecular complexity index is 634. The van der Waals surface area contributed by atoms with E-state index in [9.17, 15) is 5.11 Å². The quantitative estimate of drug-likeness (QED) is 0.885. The average molecular weight is 290 g/mol. The zero-order chi connectivity index (χ0) is 15.4. The molecule has 0 amide bonds. The van der Waals surface area contributed by atoms with Gasteiger partial charge in [-0.05, 0) is 19.4 Å². The van der Waals surface area contributed by atoms with Gasteiger partial charge in [0, 0.05) is 5.56 Å². The molecule has 0 radical (unpaired) electrons. The highest BCUT2D eigenvalue weighted by atomic mass is 16.5. The van der Waals surface area contributed by atoms with E-state index in [1.54, 1.807) is 6.07 Å². The first-order chi connectivity index (χ1) is 10.1. The molecule has 0 bridgehead atoms. The fourth-order valence-electron chi connectivity index (χ4n) is 2.00. The largest absolute Gasteiger partial charge is 0.480 e. The van der Waals surface area contributed by atoms with Crippen LogP contribution < -0.4 is 9.47 Å². The summed E-state index contributed by atoms with van der Waals surface area (Å²) in [5.74, 6) is 0.543. The van der Waals surface area contributed by atoms with Gasteiger partial charge in [-0.2, -0.15) is 15.2 Å². The molecule has 1 N–H and O–H groups in total. The first kappa shape index (κ1) is 15.1. The summed E-state index contributed by atoms with van der Waals surface area (Å²) in [7, 11) is 2.96. The minimum atomic E-state index is -0.984. The molecule has 2 heterocycles. The van der Waals surface area contributed by atoms with Crippen molar-refractivity contribution in [2.45, 2.75) is 26.4 Å². The Hall–Kier alpha value is -2.28. The van der Waals surface area contributed by atoms with Crippen molar-refractivity contribution in [2.24, 2.45) is 0 Å². The normalized spacial score (nSPS) is 12.0. The summed E-state index contributed by atoms with van der Waals surface area (Å²) in [5, 5.41) is 18.7. The van der Waals surface area contributed by atoms with Crippen LogP contribution in [0, 0.1) is 6.92 Å². The van der Waals surface area contributed by atoms with Crippen LogP contribution in [0.15, 0.2) is 12.3 Å². The molecule has 1 atom stereocenters. The molecule has 7 heteroatoms. The van der Waals surface area contributed by atoms with Crippen LogP contribution in [0.5, 0.6) is 11.8 Å². The third-order valence-corrected chi connectivity index (χ3v) is 3.06. The van der Waals surface area contributed by atoms with Crippen LogP contribution in [0.4, 0.5) is 0 Å². The number of methoxy groups -OCH3 is 2. The van der Waals surface area contributed by atoms with E-state index in [1.165, 1.54) is 20.4 Å². The second kappa shape index (κ2) is 6.45. The van der Waals surface area contributed by atoms with E-state index >= 15 is 0 Å². The summed E-state index contributed by atoms with van der Waals surface area (Å²) in [6, 6.07) is 1.79. The summed E-state index contributed by atoms with van der Waals surface area (Å²) < 4.78 is 10.2. The molecule has 2 aromatic rings. The number of aliphatic hydroxyl groups is 1. The number of rotatable bonds is 5. The summed E-state index contributed by atoms with van der Waals surface area (Å²) in [5.41, 5.74) is 2.41. The van der Waals surface area contributed by atoms with Crippen molar-refractivity contribution >= 4 is 0 Å². The second-order valence-electron chi connectivity index (χ2n) is 4.45. The van der Waals surface area contributed by atoms with Crippen molar-refractivity contribution in [3.05, 3.63) is 34.9 Å². The van der Waals surface area contributed by atoms with E-state index < -0.39 is 6.10 Å². The highest BCUT2D eigenvalue weighted by Gasteiger charge is 2.22. The van der Waals surface area contributed by atoms with Crippen molar-refractivity contribution in [3.8, 4) is 11.8 Å². The lowest BCUT2D eigenvalue weighted by Crippen LogP contribution is -2.11. The SMILES string of the molecule is CCc1nnc(C)cc1C(O)c1ncc(OC)nc1OC. The lowest BCUT2D eigenvalue weighted by molar-refractivity contribution is 0.204. The molecule has 0 fully saturated rings. The maximum Gasteiger partial charge on any atom is 0.241 e. The number of hydrogen-bond acceptors (Lipinski definition) is 7. The van der Waals surface area contributed by atoms with Crippen molar-refractivity contribution in [3.63, 3.8) is 0 Å². The van der Waals surface area contributed by atoms with Crippen molar-refractivity contribution in [1.82, 2.24) is 20.2 Å². The number of ether oxygens (including phenoxy) is 2. The highest BCUT2D eigenvalue weighted by Crippen LogP contribution is 2.29. The Kier molecular flexibility index (Phi) is 4.64. The topological polar surface area (TPSA) is 90.3 Å². The molecule has 0 aliphatic carbocycles. The summed E-state index contributed by atoms with van der Waals surface area (Å²) >= 11 is 0. The van der Waals surface area contributed by atoms with E-state index in [4.69, 9.17) is 9.47 Å². The first-order valence-corrected chi connectivity index (χ1v) is 6.56. The molecule has 1 unspecified atom stereocenters. The number of nitrogens with zero attached hydrogens (tertiary/aromatic N) is 4. The lowest BCUT2D eigenvalue weighted by Gasteiger charge is -2.16. The third-order valence-electron chi connectivity index (χ3n) is 3.06. The van der Waals surface area contributed by atoms with Gasteiger partial charge in [-0.15, -0.1) is 0 Å². The van der Waals surface area contributed by atoms with Crippen LogP contribution in [0.1, 0.15) is 35.7 Å². The molecule has 0 aromatic carbocycles. The Morgan fingerprint density at radius 3 is 2.62 bits per heavy atom. The van der Waals surface area contributed by atoms with Gasteiger partial charge in [0.1, 0.15) is 11.8 Å². The second-order valence-corrected chi connectivity index (χ2v) is 4.45. The van der Waals surface area contributed by atoms with Crippen LogP contribution in [0.3, 0.4) is 0 Å². The van der Waals surface area contributed by atoms with Crippen LogP contribution in [0.2, 0.25) is 0 Å². The van der Waals surface area contributed by atoms with Gasteiger partial charge in [0.25, 0.3) is 0 Å². The molecule has 2 rings (SSSR count). The third kappa shape index (κ3) is 3.08. The lowest BCUT2D eigenvalue weighted by atomic mass is 10.0. The number of aromatic nitrogens is 4. The summed E-state index contributed by atoms with van der Waals surface area (Å²) in [4.78, 5) is 8.32. The predicted molar refractivity (Wildman–Crippen MR) is 75.3 cm³/mol. The zero-order valence-electron chi connectivity index (χ0n) is 12.5. The zero-order valence-corrected chi connectivity index (χ0v) is 12.5. The molecule has 0 aliphatic heterocycles. The number of aliphatic hydroxyl groups excluding tert-OH is 1. The minimum absolute atomic E-state index is 0.221. The van der Waals surface area contributed by atoms with E-state index in [1.807, 2.05) is 13.8 Å². The van der Waals surface area contributed by atoms with E-state index in [0.717, 1.165) is 5.69 Å². The van der Waals surface area contributed by atoms with Crippen LogP contribution in [-0.2, 0) is 6.42 Å². The molecular weight excluding hydrogens is 272 g/mol. The van der Waals surface area contributed by atoms with Gasteiger partial charge in [-0.25, -0.2) is 4.98 Å². The van der Waals surface area contributed by atoms with Gasteiger partial charge < -0.3 is 14.6 Å². The average Bonchev–Trinajstić information content (AvgIpc) is 2.53. The molecule has 0 aliphatic rings. The van der Waals surface area contributed by atoms with Gasteiger partial charge in [-0.1, -0.05) is 6.92 Å². The molecular formula is C14H18N4O3. The van der Waals surface area contributed by atoms with E-state index in [0.29, 0.717) is 29.3 Å². The van der Waals surface area contributed by atoms with Gasteiger partial charge in [0.15, 0.2) is 0 Å². The smallest absolute Gasteiger partial charge is 0.241 e. The Morgan fingerprint density at radius 1 is 1.24 bits per heavy atom. The molecule has 2 aromatic heterocycles. The molecule has 112 valence electrons. The van der Waals surface area contributed by atoms with Gasteiger partial charge in [0.05, 0.1) is 31.8 Å². The Morgan fingerprint density at radius 2 is 2.00 bits per heavy atom. The summed E-state index contributed by atoms with van der Waals surface area (Å²) in [6.07, 6.45) is 1.11. The van der Waals surface area contributed by atoms with E-state index in [-0.39, 0.29) is 5.88 Å². The fraction of sp³-hybridized carbons (Fsp3) is 0.429. The highest BCUT2D eigenvalue weighted by molar-refractivity contribution is 5.35.